The van der Waals surface area contributed by atoms with Crippen molar-refractivity contribution in [2.75, 3.05) is 11.6 Å². The Labute approximate surface area is 194 Å². The zero-order chi connectivity index (χ0) is 24.0. The molecule has 2 heterocycles. The van der Waals surface area contributed by atoms with Crippen molar-refractivity contribution in [3.05, 3.63) is 104 Å². The molecule has 3 aromatic carbocycles. The number of para-hydroxylation sites is 1. The lowest BCUT2D eigenvalue weighted by atomic mass is 9.96. The highest BCUT2D eigenvalue weighted by molar-refractivity contribution is 5.87. The molecule has 5 rings (SSSR count). The highest BCUT2D eigenvalue weighted by Crippen LogP contribution is 2.41. The smallest absolute Gasteiger partial charge is 0.418 e. The Morgan fingerprint density at radius 1 is 0.971 bits per heavy atom. The molecule has 0 fully saturated rings. The summed E-state index contributed by atoms with van der Waals surface area (Å²) in [6.45, 7) is 3.89. The summed E-state index contributed by atoms with van der Waals surface area (Å²) in [6.07, 6.45) is -4.04. The summed E-state index contributed by atoms with van der Waals surface area (Å²) in [5.41, 5.74) is 3.19. The predicted molar refractivity (Wildman–Crippen MR) is 124 cm³/mol. The van der Waals surface area contributed by atoms with E-state index in [1.165, 1.54) is 12.1 Å². The molecule has 0 unspecified atom stereocenters. The lowest BCUT2D eigenvalue weighted by Crippen LogP contribution is -2.33. The second-order valence-corrected chi connectivity index (χ2v) is 8.51. The third-order valence-electron chi connectivity index (χ3n) is 6.33. The van der Waals surface area contributed by atoms with Gasteiger partial charge < -0.3 is 14.1 Å². The summed E-state index contributed by atoms with van der Waals surface area (Å²) in [5, 5.41) is 0.760. The molecule has 4 aromatic rings. The van der Waals surface area contributed by atoms with Gasteiger partial charge in [0, 0.05) is 35.0 Å². The number of aryl methyl sites for hydroxylation is 2. The van der Waals surface area contributed by atoms with Crippen molar-refractivity contribution in [2.24, 2.45) is 0 Å². The van der Waals surface area contributed by atoms with Crippen LogP contribution in [-0.2, 0) is 19.1 Å². The molecule has 0 N–H and O–H groups in total. The quantitative estimate of drug-likeness (QED) is 0.330. The fourth-order valence-electron chi connectivity index (χ4n) is 4.59. The van der Waals surface area contributed by atoms with Crippen LogP contribution in [0.4, 0.5) is 18.9 Å². The van der Waals surface area contributed by atoms with Crippen LogP contribution in [-0.4, -0.2) is 6.73 Å². The first-order chi connectivity index (χ1) is 16.2. The summed E-state index contributed by atoms with van der Waals surface area (Å²) in [4.78, 5) is 14.4. The molecule has 1 aromatic heterocycles. The van der Waals surface area contributed by atoms with Crippen LogP contribution in [0.15, 0.2) is 69.9 Å². The summed E-state index contributed by atoms with van der Waals surface area (Å²) >= 11 is 0. The van der Waals surface area contributed by atoms with E-state index in [0.29, 0.717) is 28.9 Å². The molecule has 0 radical (unpaired) electrons. The Morgan fingerprint density at radius 3 is 2.41 bits per heavy atom. The van der Waals surface area contributed by atoms with E-state index in [1.807, 2.05) is 43.3 Å². The molecular formula is C27H22F3NO3. The SMILES string of the molecule is Cc1c(Cc2ccccc2)c(=O)oc2c(C)c3c(cc12)CN(c1ccccc1C(F)(F)F)CO3. The molecule has 1 aliphatic rings. The maximum absolute atomic E-state index is 13.6. The van der Waals surface area contributed by atoms with Crippen molar-refractivity contribution in [2.45, 2.75) is 33.0 Å². The van der Waals surface area contributed by atoms with Crippen LogP contribution >= 0.6 is 0 Å². The number of ether oxygens (including phenoxy) is 1. The van der Waals surface area contributed by atoms with E-state index in [4.69, 9.17) is 9.15 Å². The molecule has 0 spiro atoms. The Morgan fingerprint density at radius 2 is 1.68 bits per heavy atom. The molecule has 34 heavy (non-hydrogen) atoms. The minimum absolute atomic E-state index is 0.0399. The normalized spacial score (nSPS) is 13.6. The number of fused-ring (bicyclic) bond motifs is 2. The van der Waals surface area contributed by atoms with Crippen LogP contribution in [0.25, 0.3) is 11.0 Å². The molecule has 0 aliphatic carbocycles. The number of benzene rings is 3. The average Bonchev–Trinajstić information content (AvgIpc) is 2.82. The van der Waals surface area contributed by atoms with Gasteiger partial charge >= 0.3 is 11.8 Å². The van der Waals surface area contributed by atoms with Gasteiger partial charge in [-0.05, 0) is 43.2 Å². The Bertz CT molecular complexity index is 1440. The highest BCUT2D eigenvalue weighted by Gasteiger charge is 2.35. The van der Waals surface area contributed by atoms with Gasteiger partial charge in [0.1, 0.15) is 11.3 Å². The van der Waals surface area contributed by atoms with Crippen molar-refractivity contribution in [1.82, 2.24) is 0 Å². The van der Waals surface area contributed by atoms with Gasteiger partial charge in [0.15, 0.2) is 6.73 Å². The van der Waals surface area contributed by atoms with Crippen LogP contribution in [0.5, 0.6) is 5.75 Å². The molecular weight excluding hydrogens is 443 g/mol. The Kier molecular flexibility index (Phi) is 5.35. The first-order valence-corrected chi connectivity index (χ1v) is 10.9. The highest BCUT2D eigenvalue weighted by atomic mass is 19.4. The number of alkyl halides is 3. The maximum Gasteiger partial charge on any atom is 0.418 e. The van der Waals surface area contributed by atoms with Crippen LogP contribution in [0.1, 0.15) is 33.4 Å². The van der Waals surface area contributed by atoms with Gasteiger partial charge in [-0.25, -0.2) is 4.79 Å². The van der Waals surface area contributed by atoms with E-state index in [1.54, 1.807) is 17.9 Å². The zero-order valence-electron chi connectivity index (χ0n) is 18.7. The van der Waals surface area contributed by atoms with E-state index in [9.17, 15) is 18.0 Å². The molecule has 174 valence electrons. The van der Waals surface area contributed by atoms with E-state index in [0.717, 1.165) is 28.1 Å². The molecule has 0 saturated carbocycles. The fraction of sp³-hybridized carbons (Fsp3) is 0.222. The molecule has 0 atom stereocenters. The second kappa shape index (κ2) is 8.24. The maximum atomic E-state index is 13.6. The van der Waals surface area contributed by atoms with Gasteiger partial charge in [0.05, 0.1) is 11.3 Å². The summed E-state index contributed by atoms with van der Waals surface area (Å²) in [7, 11) is 0. The average molecular weight is 465 g/mol. The lowest BCUT2D eigenvalue weighted by molar-refractivity contribution is -0.137. The van der Waals surface area contributed by atoms with Gasteiger partial charge in [-0.1, -0.05) is 42.5 Å². The first kappa shape index (κ1) is 22.1. The van der Waals surface area contributed by atoms with Gasteiger partial charge in [-0.2, -0.15) is 13.2 Å². The van der Waals surface area contributed by atoms with Crippen molar-refractivity contribution >= 4 is 16.7 Å². The number of hydrogen-bond donors (Lipinski definition) is 0. The van der Waals surface area contributed by atoms with Crippen LogP contribution in [0.2, 0.25) is 0 Å². The summed E-state index contributed by atoms with van der Waals surface area (Å²) < 4.78 is 52.3. The standard InChI is InChI=1S/C27H22F3NO3/c1-16-20-13-19-14-31(23-11-7-6-10-22(23)27(28,29)30)15-33-24(19)17(2)25(20)34-26(32)21(16)12-18-8-4-3-5-9-18/h3-11,13H,12,14-15H2,1-2H3. The number of rotatable bonds is 3. The molecule has 7 heteroatoms. The topological polar surface area (TPSA) is 42.7 Å². The monoisotopic (exact) mass is 465 g/mol. The minimum atomic E-state index is -4.47. The summed E-state index contributed by atoms with van der Waals surface area (Å²) in [5.74, 6) is 0.548. The zero-order valence-corrected chi connectivity index (χ0v) is 18.7. The second-order valence-electron chi connectivity index (χ2n) is 8.51. The Hall–Kier alpha value is -3.74. The van der Waals surface area contributed by atoms with E-state index in [-0.39, 0.29) is 19.0 Å². The fourth-order valence-corrected chi connectivity index (χ4v) is 4.59. The first-order valence-electron chi connectivity index (χ1n) is 10.9. The number of nitrogens with zero attached hydrogens (tertiary/aromatic N) is 1. The summed E-state index contributed by atoms with van der Waals surface area (Å²) in [6, 6.07) is 17.0. The van der Waals surface area contributed by atoms with Crippen molar-refractivity contribution in [3.8, 4) is 5.75 Å². The number of halogens is 3. The van der Waals surface area contributed by atoms with Crippen molar-refractivity contribution < 1.29 is 22.3 Å². The van der Waals surface area contributed by atoms with Gasteiger partial charge in [0.25, 0.3) is 0 Å². The van der Waals surface area contributed by atoms with E-state index in [2.05, 4.69) is 0 Å². The molecule has 0 amide bonds. The third-order valence-corrected chi connectivity index (χ3v) is 6.33. The largest absolute Gasteiger partial charge is 0.472 e. The van der Waals surface area contributed by atoms with Crippen molar-refractivity contribution in [1.29, 1.82) is 0 Å². The molecule has 0 saturated heterocycles. The van der Waals surface area contributed by atoms with Crippen molar-refractivity contribution in [3.63, 3.8) is 0 Å². The van der Waals surface area contributed by atoms with Crippen LogP contribution in [0.3, 0.4) is 0 Å². The van der Waals surface area contributed by atoms with Crippen LogP contribution in [0, 0.1) is 13.8 Å². The molecule has 4 nitrogen and oxygen atoms in total. The van der Waals surface area contributed by atoms with Gasteiger partial charge in [0.2, 0.25) is 0 Å². The van der Waals surface area contributed by atoms with Gasteiger partial charge in [-0.15, -0.1) is 0 Å². The minimum Gasteiger partial charge on any atom is -0.472 e. The molecule has 0 bridgehead atoms. The predicted octanol–water partition coefficient (Wildman–Crippen LogP) is 6.38. The van der Waals surface area contributed by atoms with Gasteiger partial charge in [-0.3, -0.25) is 0 Å². The number of anilines is 1. The number of hydrogen-bond acceptors (Lipinski definition) is 4. The lowest BCUT2D eigenvalue weighted by Gasteiger charge is -2.33. The van der Waals surface area contributed by atoms with Crippen LogP contribution < -0.4 is 15.3 Å². The van der Waals surface area contributed by atoms with E-state index >= 15 is 0 Å². The Balaban J connectivity index is 1.59. The molecule has 1 aliphatic heterocycles. The third kappa shape index (κ3) is 3.81. The van der Waals surface area contributed by atoms with E-state index < -0.39 is 17.4 Å².